The van der Waals surface area contributed by atoms with Gasteiger partial charge in [-0.3, -0.25) is 9.88 Å². The van der Waals surface area contributed by atoms with E-state index in [1.54, 1.807) is 0 Å². The quantitative estimate of drug-likeness (QED) is 0.688. The van der Waals surface area contributed by atoms with Gasteiger partial charge in [0.2, 0.25) is 0 Å². The van der Waals surface area contributed by atoms with Crippen LogP contribution in [0.1, 0.15) is 49.9 Å². The molecule has 0 bridgehead atoms. The molecular formula is C25H31N3O2. The normalized spacial score (nSPS) is 24.8. The van der Waals surface area contributed by atoms with E-state index in [0.29, 0.717) is 18.8 Å². The molecule has 1 aromatic heterocycles. The van der Waals surface area contributed by atoms with Gasteiger partial charge in [-0.25, -0.2) is 0 Å². The summed E-state index contributed by atoms with van der Waals surface area (Å²) in [6.45, 7) is 8.59. The van der Waals surface area contributed by atoms with Gasteiger partial charge in [-0.1, -0.05) is 18.2 Å². The fraction of sp³-hybridized carbons (Fsp3) is 0.520. The van der Waals surface area contributed by atoms with Crippen LogP contribution in [0.15, 0.2) is 48.7 Å². The first-order chi connectivity index (χ1) is 14.5. The molecule has 5 nitrogen and oxygen atoms in total. The average Bonchev–Trinajstić information content (AvgIpc) is 3.46. The van der Waals surface area contributed by atoms with Gasteiger partial charge in [-0.15, -0.1) is 0 Å². The summed E-state index contributed by atoms with van der Waals surface area (Å²) in [5, 5.41) is 8.97. The third-order valence-corrected chi connectivity index (χ3v) is 6.82. The van der Waals surface area contributed by atoms with Crippen molar-refractivity contribution in [3.8, 4) is 6.07 Å². The van der Waals surface area contributed by atoms with E-state index in [1.165, 1.54) is 0 Å². The molecule has 3 heterocycles. The third kappa shape index (κ3) is 4.27. The van der Waals surface area contributed by atoms with E-state index in [4.69, 9.17) is 14.7 Å². The van der Waals surface area contributed by atoms with Crippen LogP contribution in [0.4, 0.5) is 0 Å². The monoisotopic (exact) mass is 405 g/mol. The Balaban J connectivity index is 1.46. The number of hydrogen-bond acceptors (Lipinski definition) is 5. The van der Waals surface area contributed by atoms with Gasteiger partial charge < -0.3 is 9.47 Å². The summed E-state index contributed by atoms with van der Waals surface area (Å²) in [5.74, 6) is 0. The van der Waals surface area contributed by atoms with Gasteiger partial charge >= 0.3 is 0 Å². The second-order valence-corrected chi connectivity index (χ2v) is 9.11. The highest BCUT2D eigenvalue weighted by Crippen LogP contribution is 2.44. The van der Waals surface area contributed by atoms with Crippen LogP contribution in [0.3, 0.4) is 0 Å². The van der Waals surface area contributed by atoms with Crippen LogP contribution in [-0.2, 0) is 21.6 Å². The average molecular weight is 406 g/mol. The Morgan fingerprint density at radius 3 is 2.77 bits per heavy atom. The first-order valence-electron chi connectivity index (χ1n) is 10.9. The second kappa shape index (κ2) is 8.85. The van der Waals surface area contributed by atoms with Gasteiger partial charge in [0.25, 0.3) is 0 Å². The lowest BCUT2D eigenvalue weighted by molar-refractivity contribution is -0.0596. The molecule has 30 heavy (non-hydrogen) atoms. The van der Waals surface area contributed by atoms with Crippen molar-refractivity contribution in [1.29, 1.82) is 5.26 Å². The van der Waals surface area contributed by atoms with Crippen LogP contribution in [0.25, 0.3) is 0 Å². The SMILES string of the molecule is CC(C)(c1ccccn1)N1CC[C@](COCc2ccc(C#N)cc2)([C@H]2CCCO2)C1. The first kappa shape index (κ1) is 21.0. The molecule has 2 fully saturated rings. The molecular weight excluding hydrogens is 374 g/mol. The van der Waals surface area contributed by atoms with E-state index in [9.17, 15) is 0 Å². The van der Waals surface area contributed by atoms with Crippen LogP contribution < -0.4 is 0 Å². The zero-order valence-corrected chi connectivity index (χ0v) is 18.0. The molecule has 5 heteroatoms. The molecule has 158 valence electrons. The molecule has 2 aliphatic rings. The topological polar surface area (TPSA) is 58.4 Å². The predicted octanol–water partition coefficient (Wildman–Crippen LogP) is 4.28. The van der Waals surface area contributed by atoms with E-state index < -0.39 is 0 Å². The zero-order valence-electron chi connectivity index (χ0n) is 18.0. The van der Waals surface area contributed by atoms with Crippen molar-refractivity contribution < 1.29 is 9.47 Å². The first-order valence-corrected chi connectivity index (χ1v) is 10.9. The van der Waals surface area contributed by atoms with Crippen LogP contribution in [0.2, 0.25) is 0 Å². The van der Waals surface area contributed by atoms with Crippen LogP contribution in [0, 0.1) is 16.7 Å². The smallest absolute Gasteiger partial charge is 0.0991 e. The van der Waals surface area contributed by atoms with E-state index in [0.717, 1.165) is 50.2 Å². The number of hydrogen-bond donors (Lipinski definition) is 0. The van der Waals surface area contributed by atoms with Gasteiger partial charge in [0.15, 0.2) is 0 Å². The fourth-order valence-corrected chi connectivity index (χ4v) is 4.84. The Kier molecular flexibility index (Phi) is 6.19. The molecule has 0 N–H and O–H groups in total. The molecule has 0 amide bonds. The number of benzene rings is 1. The Morgan fingerprint density at radius 2 is 2.10 bits per heavy atom. The molecule has 0 saturated carbocycles. The molecule has 2 aromatic rings. The number of nitrogens with zero attached hydrogens (tertiary/aromatic N) is 3. The summed E-state index contributed by atoms with van der Waals surface area (Å²) in [7, 11) is 0. The summed E-state index contributed by atoms with van der Waals surface area (Å²) in [6, 6.07) is 16.0. The summed E-state index contributed by atoms with van der Waals surface area (Å²) in [4.78, 5) is 7.17. The Hall–Kier alpha value is -2.26. The van der Waals surface area contributed by atoms with Crippen LogP contribution in [0.5, 0.6) is 0 Å². The Morgan fingerprint density at radius 1 is 1.27 bits per heavy atom. The van der Waals surface area contributed by atoms with Gasteiger partial charge in [0.1, 0.15) is 0 Å². The summed E-state index contributed by atoms with van der Waals surface area (Å²) < 4.78 is 12.4. The zero-order chi connectivity index (χ0) is 21.0. The molecule has 0 radical (unpaired) electrons. The second-order valence-electron chi connectivity index (χ2n) is 9.11. The fourth-order valence-electron chi connectivity index (χ4n) is 4.84. The minimum Gasteiger partial charge on any atom is -0.377 e. The number of pyridine rings is 1. The van der Waals surface area contributed by atoms with E-state index in [2.05, 4.69) is 41.9 Å². The summed E-state index contributed by atoms with van der Waals surface area (Å²) in [6.07, 6.45) is 5.44. The number of likely N-dealkylation sites (tertiary alicyclic amines) is 1. The van der Waals surface area contributed by atoms with Gasteiger partial charge in [0, 0.05) is 24.8 Å². The van der Waals surface area contributed by atoms with Crippen molar-refractivity contribution in [1.82, 2.24) is 9.88 Å². The molecule has 0 unspecified atom stereocenters. The van der Waals surface area contributed by atoms with Gasteiger partial charge in [-0.2, -0.15) is 5.26 Å². The lowest BCUT2D eigenvalue weighted by atomic mass is 9.80. The molecule has 2 saturated heterocycles. The third-order valence-electron chi connectivity index (χ3n) is 6.82. The Labute approximate surface area is 179 Å². The largest absolute Gasteiger partial charge is 0.377 e. The van der Waals surface area contributed by atoms with Crippen molar-refractivity contribution in [3.05, 3.63) is 65.5 Å². The van der Waals surface area contributed by atoms with Gasteiger partial charge in [-0.05, 0) is 69.5 Å². The maximum absolute atomic E-state index is 8.97. The van der Waals surface area contributed by atoms with Crippen LogP contribution in [-0.4, -0.2) is 42.3 Å². The molecule has 1 aromatic carbocycles. The minimum atomic E-state index is -0.130. The highest BCUT2D eigenvalue weighted by Gasteiger charge is 2.50. The van der Waals surface area contributed by atoms with Crippen molar-refractivity contribution in [2.24, 2.45) is 5.41 Å². The molecule has 4 rings (SSSR count). The number of aromatic nitrogens is 1. The lowest BCUT2D eigenvalue weighted by Crippen LogP contribution is -2.46. The standard InChI is InChI=1S/C25H31N3O2/c1-24(2,22-6-3-4-13-27-22)28-14-12-25(18-28,23-7-5-15-30-23)19-29-17-21-10-8-20(16-26)9-11-21/h3-4,6,8-11,13,23H,5,7,12,14-15,17-19H2,1-2H3/t23-,25+/m1/s1. The number of ether oxygens (including phenoxy) is 2. The van der Waals surface area contributed by atoms with Crippen molar-refractivity contribution in [2.75, 3.05) is 26.3 Å². The van der Waals surface area contributed by atoms with E-state index in [-0.39, 0.29) is 17.1 Å². The lowest BCUT2D eigenvalue weighted by Gasteiger charge is -2.39. The predicted molar refractivity (Wildman–Crippen MR) is 116 cm³/mol. The molecule has 2 atom stereocenters. The highest BCUT2D eigenvalue weighted by atomic mass is 16.5. The van der Waals surface area contributed by atoms with E-state index >= 15 is 0 Å². The summed E-state index contributed by atoms with van der Waals surface area (Å²) >= 11 is 0. The Bertz CT molecular complexity index is 870. The van der Waals surface area contributed by atoms with Crippen LogP contribution >= 0.6 is 0 Å². The van der Waals surface area contributed by atoms with E-state index in [1.807, 2.05) is 36.5 Å². The molecule has 2 aliphatic heterocycles. The van der Waals surface area contributed by atoms with Gasteiger partial charge in [0.05, 0.1) is 42.2 Å². The number of nitriles is 1. The maximum atomic E-state index is 8.97. The van der Waals surface area contributed by atoms with Crippen molar-refractivity contribution in [3.63, 3.8) is 0 Å². The summed E-state index contributed by atoms with van der Waals surface area (Å²) in [5.41, 5.74) is 2.76. The molecule has 0 aliphatic carbocycles. The van der Waals surface area contributed by atoms with Crippen molar-refractivity contribution in [2.45, 2.75) is 51.4 Å². The highest BCUT2D eigenvalue weighted by molar-refractivity contribution is 5.31. The maximum Gasteiger partial charge on any atom is 0.0991 e. The van der Waals surface area contributed by atoms with Crippen molar-refractivity contribution >= 4 is 0 Å². The number of rotatable bonds is 7. The molecule has 0 spiro atoms. The minimum absolute atomic E-state index is 0.00907.